The summed E-state index contributed by atoms with van der Waals surface area (Å²) in [5, 5.41) is 3.40. The predicted octanol–water partition coefficient (Wildman–Crippen LogP) is 3.88. The largest absolute Gasteiger partial charge is 0.494 e. The van der Waals surface area contributed by atoms with E-state index >= 15 is 0 Å². The first-order chi connectivity index (χ1) is 7.13. The number of nitrogens with one attached hydrogen (secondary N) is 1. The highest BCUT2D eigenvalue weighted by Gasteiger charge is 2.00. The van der Waals surface area contributed by atoms with Gasteiger partial charge in [0.25, 0.3) is 0 Å². The first kappa shape index (κ1) is 15.1. The fraction of sp³-hybridized carbons (Fsp3) is 0.538. The van der Waals surface area contributed by atoms with Crippen LogP contribution in [0.5, 0.6) is 5.75 Å². The van der Waals surface area contributed by atoms with Crippen LogP contribution in [0.3, 0.4) is 0 Å². The Labute approximate surface area is 105 Å². The van der Waals surface area contributed by atoms with Crippen LogP contribution in [0.15, 0.2) is 18.2 Å². The molecule has 0 saturated heterocycles. The van der Waals surface area contributed by atoms with E-state index in [4.69, 9.17) is 4.74 Å². The van der Waals surface area contributed by atoms with Crippen molar-refractivity contribution in [1.29, 1.82) is 0 Å². The lowest BCUT2D eigenvalue weighted by molar-refractivity contribution is 0.338. The van der Waals surface area contributed by atoms with Gasteiger partial charge in [0.1, 0.15) is 5.75 Å². The van der Waals surface area contributed by atoms with E-state index in [1.807, 2.05) is 13.0 Å². The van der Waals surface area contributed by atoms with Crippen LogP contribution < -0.4 is 10.1 Å². The summed E-state index contributed by atoms with van der Waals surface area (Å²) in [6.45, 7) is 10.2. The van der Waals surface area contributed by atoms with Gasteiger partial charge in [0.05, 0.1) is 6.61 Å². The second-order valence-electron chi connectivity index (χ2n) is 4.19. The van der Waals surface area contributed by atoms with Crippen molar-refractivity contribution in [3.05, 3.63) is 23.8 Å². The second kappa shape index (κ2) is 7.39. The average Bonchev–Trinajstić information content (AvgIpc) is 2.19. The summed E-state index contributed by atoms with van der Waals surface area (Å²) < 4.78 is 5.49. The summed E-state index contributed by atoms with van der Waals surface area (Å²) in [4.78, 5) is 0. The molecule has 0 saturated carbocycles. The number of aryl methyl sites for hydroxylation is 1. The molecule has 0 aliphatic carbocycles. The van der Waals surface area contributed by atoms with Gasteiger partial charge in [-0.05, 0) is 43.5 Å². The van der Waals surface area contributed by atoms with Crippen LogP contribution in [-0.2, 0) is 0 Å². The van der Waals surface area contributed by atoms with Crippen LogP contribution in [0.2, 0.25) is 0 Å². The molecular weight excluding hydrogens is 222 g/mol. The average molecular weight is 244 g/mol. The Hall–Kier alpha value is -0.890. The lowest BCUT2D eigenvalue weighted by atomic mass is 10.2. The molecule has 1 aromatic rings. The molecule has 0 bridgehead atoms. The smallest absolute Gasteiger partial charge is 0.122 e. The van der Waals surface area contributed by atoms with Gasteiger partial charge in [0.15, 0.2) is 0 Å². The van der Waals surface area contributed by atoms with Crippen molar-refractivity contribution in [2.75, 3.05) is 18.5 Å². The van der Waals surface area contributed by atoms with Gasteiger partial charge in [-0.25, -0.2) is 0 Å². The highest BCUT2D eigenvalue weighted by molar-refractivity contribution is 5.85. The molecule has 1 aromatic carbocycles. The summed E-state index contributed by atoms with van der Waals surface area (Å²) in [6, 6.07) is 6.23. The highest BCUT2D eigenvalue weighted by atomic mass is 35.5. The van der Waals surface area contributed by atoms with Crippen molar-refractivity contribution in [1.82, 2.24) is 0 Å². The first-order valence-electron chi connectivity index (χ1n) is 5.60. The molecule has 0 aromatic heterocycles. The van der Waals surface area contributed by atoms with E-state index in [0.717, 1.165) is 18.9 Å². The van der Waals surface area contributed by atoms with Gasteiger partial charge >= 0.3 is 0 Å². The van der Waals surface area contributed by atoms with Crippen molar-refractivity contribution in [2.24, 2.45) is 5.92 Å². The zero-order valence-electron chi connectivity index (χ0n) is 10.5. The Morgan fingerprint density at radius 2 is 2.00 bits per heavy atom. The lowest BCUT2D eigenvalue weighted by Crippen LogP contribution is -2.08. The third-order valence-electron chi connectivity index (χ3n) is 2.19. The van der Waals surface area contributed by atoms with Crippen LogP contribution in [0, 0.1) is 12.8 Å². The van der Waals surface area contributed by atoms with E-state index in [9.17, 15) is 0 Å². The molecule has 0 radical (unpaired) electrons. The monoisotopic (exact) mass is 243 g/mol. The Morgan fingerprint density at radius 3 is 2.50 bits per heavy atom. The molecule has 0 heterocycles. The van der Waals surface area contributed by atoms with E-state index in [1.165, 1.54) is 11.3 Å². The SMILES string of the molecule is CCOc1ccc(NCC(C)C)cc1C.Cl. The normalized spacial score (nSPS) is 9.81. The van der Waals surface area contributed by atoms with E-state index in [-0.39, 0.29) is 12.4 Å². The summed E-state index contributed by atoms with van der Waals surface area (Å²) in [6.07, 6.45) is 0. The van der Waals surface area contributed by atoms with Crippen LogP contribution >= 0.6 is 12.4 Å². The molecule has 16 heavy (non-hydrogen) atoms. The molecule has 92 valence electrons. The van der Waals surface area contributed by atoms with Crippen LogP contribution in [0.1, 0.15) is 26.3 Å². The van der Waals surface area contributed by atoms with Gasteiger partial charge in [-0.3, -0.25) is 0 Å². The van der Waals surface area contributed by atoms with Crippen molar-refractivity contribution in [3.63, 3.8) is 0 Å². The summed E-state index contributed by atoms with van der Waals surface area (Å²) >= 11 is 0. The topological polar surface area (TPSA) is 21.3 Å². The molecule has 1 N–H and O–H groups in total. The molecule has 3 heteroatoms. The molecule has 0 fully saturated rings. The minimum Gasteiger partial charge on any atom is -0.494 e. The van der Waals surface area contributed by atoms with E-state index < -0.39 is 0 Å². The maximum atomic E-state index is 5.49. The third kappa shape index (κ3) is 4.75. The fourth-order valence-electron chi connectivity index (χ4n) is 1.40. The third-order valence-corrected chi connectivity index (χ3v) is 2.19. The summed E-state index contributed by atoms with van der Waals surface area (Å²) in [7, 11) is 0. The van der Waals surface area contributed by atoms with E-state index in [1.54, 1.807) is 0 Å². The zero-order chi connectivity index (χ0) is 11.3. The van der Waals surface area contributed by atoms with Crippen molar-refractivity contribution in [3.8, 4) is 5.75 Å². The number of hydrogen-bond acceptors (Lipinski definition) is 2. The molecule has 0 aliphatic heterocycles. The maximum Gasteiger partial charge on any atom is 0.122 e. The molecule has 0 unspecified atom stereocenters. The Bertz CT molecular complexity index is 313. The standard InChI is InChI=1S/C13H21NO.ClH/c1-5-15-13-7-6-12(8-11(13)4)14-9-10(2)3;/h6-8,10,14H,5,9H2,1-4H3;1H. The molecule has 0 atom stereocenters. The van der Waals surface area contributed by atoms with Gasteiger partial charge in [-0.1, -0.05) is 13.8 Å². The number of hydrogen-bond donors (Lipinski definition) is 1. The zero-order valence-corrected chi connectivity index (χ0v) is 11.4. The molecule has 0 amide bonds. The molecule has 0 spiro atoms. The summed E-state index contributed by atoms with van der Waals surface area (Å²) in [5.41, 5.74) is 2.36. The number of halogens is 1. The van der Waals surface area contributed by atoms with Gasteiger partial charge in [-0.2, -0.15) is 0 Å². The number of anilines is 1. The van der Waals surface area contributed by atoms with E-state index in [0.29, 0.717) is 5.92 Å². The number of benzene rings is 1. The number of ether oxygens (including phenoxy) is 1. The minimum absolute atomic E-state index is 0. The maximum absolute atomic E-state index is 5.49. The molecule has 2 nitrogen and oxygen atoms in total. The van der Waals surface area contributed by atoms with E-state index in [2.05, 4.69) is 38.2 Å². The van der Waals surface area contributed by atoms with Gasteiger partial charge < -0.3 is 10.1 Å². The Kier molecular flexibility index (Phi) is 6.98. The second-order valence-corrected chi connectivity index (χ2v) is 4.19. The van der Waals surface area contributed by atoms with Crippen LogP contribution in [0.4, 0.5) is 5.69 Å². The quantitative estimate of drug-likeness (QED) is 0.848. The first-order valence-corrected chi connectivity index (χ1v) is 5.60. The highest BCUT2D eigenvalue weighted by Crippen LogP contribution is 2.21. The minimum atomic E-state index is 0. The van der Waals surface area contributed by atoms with Gasteiger partial charge in [0.2, 0.25) is 0 Å². The Morgan fingerprint density at radius 1 is 1.31 bits per heavy atom. The lowest BCUT2D eigenvalue weighted by Gasteiger charge is -2.12. The number of rotatable bonds is 5. The van der Waals surface area contributed by atoms with Crippen molar-refractivity contribution in [2.45, 2.75) is 27.7 Å². The van der Waals surface area contributed by atoms with Crippen LogP contribution in [0.25, 0.3) is 0 Å². The van der Waals surface area contributed by atoms with Gasteiger partial charge in [0, 0.05) is 12.2 Å². The van der Waals surface area contributed by atoms with Crippen molar-refractivity contribution < 1.29 is 4.74 Å². The van der Waals surface area contributed by atoms with Crippen LogP contribution in [-0.4, -0.2) is 13.2 Å². The molecule has 1 rings (SSSR count). The predicted molar refractivity (Wildman–Crippen MR) is 72.9 cm³/mol. The van der Waals surface area contributed by atoms with Crippen molar-refractivity contribution >= 4 is 18.1 Å². The molecular formula is C13H22ClNO. The Balaban J connectivity index is 0.00000225. The fourth-order valence-corrected chi connectivity index (χ4v) is 1.40. The molecule has 0 aliphatic rings. The summed E-state index contributed by atoms with van der Waals surface area (Å²) in [5.74, 6) is 1.64. The van der Waals surface area contributed by atoms with Gasteiger partial charge in [-0.15, -0.1) is 12.4 Å².